The molecule has 0 aliphatic heterocycles. The largest absolute Gasteiger partial charge is 0.265 e. The minimum atomic E-state index is -2.40. The van der Waals surface area contributed by atoms with E-state index < -0.39 is 6.43 Å². The van der Waals surface area contributed by atoms with Crippen LogP contribution < -0.4 is 0 Å². The van der Waals surface area contributed by atoms with Crippen molar-refractivity contribution in [2.24, 2.45) is 0 Å². The SMILES string of the molecule is FC(F)c1ccc(I)c2cc(Br)sc12. The molecule has 5 heteroatoms. The van der Waals surface area contributed by atoms with Crippen LogP contribution >= 0.6 is 49.9 Å². The molecule has 74 valence electrons. The summed E-state index contributed by atoms with van der Waals surface area (Å²) < 4.78 is 27.8. The van der Waals surface area contributed by atoms with Gasteiger partial charge in [-0.05, 0) is 50.7 Å². The average Bonchev–Trinajstić information content (AvgIpc) is 2.47. The van der Waals surface area contributed by atoms with Crippen LogP contribution in [0.25, 0.3) is 10.1 Å². The van der Waals surface area contributed by atoms with Gasteiger partial charge in [0.05, 0.1) is 3.79 Å². The maximum atomic E-state index is 12.6. The Morgan fingerprint density at radius 1 is 1.36 bits per heavy atom. The number of thiophene rings is 1. The van der Waals surface area contributed by atoms with Crippen LogP contribution in [0.4, 0.5) is 8.78 Å². The zero-order valence-electron chi connectivity index (χ0n) is 6.73. The first kappa shape index (κ1) is 10.8. The zero-order valence-corrected chi connectivity index (χ0v) is 11.3. The Morgan fingerprint density at radius 3 is 2.71 bits per heavy atom. The second-order valence-corrected chi connectivity index (χ2v) is 6.32. The third-order valence-corrected chi connectivity index (χ3v) is 4.49. The van der Waals surface area contributed by atoms with Gasteiger partial charge in [-0.25, -0.2) is 8.78 Å². The van der Waals surface area contributed by atoms with Crippen LogP contribution in [0.2, 0.25) is 0 Å². The van der Waals surface area contributed by atoms with Crippen LogP contribution in [-0.4, -0.2) is 0 Å². The van der Waals surface area contributed by atoms with Crippen molar-refractivity contribution < 1.29 is 8.78 Å². The Kier molecular flexibility index (Phi) is 3.09. The third-order valence-electron chi connectivity index (χ3n) is 1.87. The molecule has 0 saturated carbocycles. The highest BCUT2D eigenvalue weighted by Gasteiger charge is 2.15. The lowest BCUT2D eigenvalue weighted by atomic mass is 10.2. The molecule has 0 unspecified atom stereocenters. The van der Waals surface area contributed by atoms with Crippen LogP contribution in [0, 0.1) is 3.57 Å². The van der Waals surface area contributed by atoms with Gasteiger partial charge in [-0.15, -0.1) is 11.3 Å². The molecule has 0 spiro atoms. The van der Waals surface area contributed by atoms with Crippen molar-refractivity contribution in [1.82, 2.24) is 0 Å². The Hall–Kier alpha value is 0.250. The third kappa shape index (κ3) is 1.81. The summed E-state index contributed by atoms with van der Waals surface area (Å²) in [6, 6.07) is 5.11. The van der Waals surface area contributed by atoms with Gasteiger partial charge in [0.25, 0.3) is 6.43 Å². The topological polar surface area (TPSA) is 0 Å². The maximum absolute atomic E-state index is 12.6. The number of alkyl halides is 2. The summed E-state index contributed by atoms with van der Waals surface area (Å²) in [6.45, 7) is 0. The molecular formula is C9H4BrF2IS. The molecule has 0 nitrogen and oxygen atoms in total. The normalized spacial score (nSPS) is 11.5. The van der Waals surface area contributed by atoms with Crippen molar-refractivity contribution in [3.05, 3.63) is 31.1 Å². The van der Waals surface area contributed by atoms with Gasteiger partial charge in [-0.2, -0.15) is 0 Å². The molecule has 14 heavy (non-hydrogen) atoms. The Morgan fingerprint density at radius 2 is 2.07 bits per heavy atom. The zero-order chi connectivity index (χ0) is 10.3. The lowest BCUT2D eigenvalue weighted by molar-refractivity contribution is 0.153. The molecule has 0 saturated heterocycles. The summed E-state index contributed by atoms with van der Waals surface area (Å²) in [7, 11) is 0. The molecule has 0 radical (unpaired) electrons. The molecule has 0 fully saturated rings. The molecule has 1 heterocycles. The summed E-state index contributed by atoms with van der Waals surface area (Å²) >= 11 is 6.82. The summed E-state index contributed by atoms with van der Waals surface area (Å²) in [5, 5.41) is 0.903. The van der Waals surface area contributed by atoms with Crippen LogP contribution in [0.3, 0.4) is 0 Å². The van der Waals surface area contributed by atoms with Crippen molar-refractivity contribution in [3.63, 3.8) is 0 Å². The first-order valence-corrected chi connectivity index (χ1v) is 6.44. The molecular weight excluding hydrogens is 385 g/mol. The summed E-state index contributed by atoms with van der Waals surface area (Å²) in [6.07, 6.45) is -2.40. The minimum Gasteiger partial charge on any atom is -0.205 e. The smallest absolute Gasteiger partial charge is 0.205 e. The van der Waals surface area contributed by atoms with Crippen LogP contribution in [0.5, 0.6) is 0 Å². The second kappa shape index (κ2) is 4.02. The maximum Gasteiger partial charge on any atom is 0.265 e. The molecule has 2 aromatic rings. The Balaban J connectivity index is 2.81. The van der Waals surface area contributed by atoms with Crippen molar-refractivity contribution >= 4 is 59.9 Å². The number of rotatable bonds is 1. The standard InChI is InChI=1S/C9H4BrF2IS/c10-7-3-5-6(13)2-1-4(9(11)12)8(5)14-7/h1-3,9H. The predicted molar refractivity (Wildman–Crippen MR) is 67.2 cm³/mol. The molecule has 0 aliphatic carbocycles. The fourth-order valence-electron chi connectivity index (χ4n) is 1.25. The van der Waals surface area contributed by atoms with Gasteiger partial charge in [0.2, 0.25) is 0 Å². The molecule has 1 aromatic carbocycles. The number of hydrogen-bond donors (Lipinski definition) is 0. The molecule has 2 rings (SSSR count). The molecule has 0 aliphatic rings. The highest BCUT2D eigenvalue weighted by Crippen LogP contribution is 2.38. The van der Waals surface area contributed by atoms with Gasteiger partial charge in [0, 0.05) is 19.2 Å². The predicted octanol–water partition coefficient (Wildman–Crippen LogP) is 5.21. The van der Waals surface area contributed by atoms with Gasteiger partial charge in [-0.1, -0.05) is 6.07 Å². The lowest BCUT2D eigenvalue weighted by Gasteiger charge is -2.02. The molecule has 0 bridgehead atoms. The fraction of sp³-hybridized carbons (Fsp3) is 0.111. The number of fused-ring (bicyclic) bond motifs is 1. The second-order valence-electron chi connectivity index (χ2n) is 2.73. The fourth-order valence-corrected chi connectivity index (χ4v) is 3.68. The summed E-state index contributed by atoms with van der Waals surface area (Å²) in [5.41, 5.74) is 0.121. The van der Waals surface area contributed by atoms with E-state index in [1.54, 1.807) is 6.07 Å². The van der Waals surface area contributed by atoms with Gasteiger partial charge < -0.3 is 0 Å². The first-order chi connectivity index (χ1) is 6.59. The van der Waals surface area contributed by atoms with E-state index >= 15 is 0 Å². The van der Waals surface area contributed by atoms with Crippen molar-refractivity contribution in [1.29, 1.82) is 0 Å². The Bertz CT molecular complexity index is 481. The van der Waals surface area contributed by atoms with E-state index in [0.29, 0.717) is 4.70 Å². The number of benzene rings is 1. The van der Waals surface area contributed by atoms with E-state index in [0.717, 1.165) is 12.7 Å². The quantitative estimate of drug-likeness (QED) is 0.588. The Labute approximate surface area is 106 Å². The molecule has 0 amide bonds. The molecule has 0 N–H and O–H groups in total. The highest BCUT2D eigenvalue weighted by molar-refractivity contribution is 14.1. The van der Waals surface area contributed by atoms with Gasteiger partial charge in [0.1, 0.15) is 0 Å². The highest BCUT2D eigenvalue weighted by atomic mass is 127. The van der Waals surface area contributed by atoms with Crippen molar-refractivity contribution in [3.8, 4) is 0 Å². The van der Waals surface area contributed by atoms with E-state index in [4.69, 9.17) is 0 Å². The first-order valence-electron chi connectivity index (χ1n) is 3.75. The van der Waals surface area contributed by atoms with Gasteiger partial charge in [0.15, 0.2) is 0 Å². The van der Waals surface area contributed by atoms with Gasteiger partial charge >= 0.3 is 0 Å². The summed E-state index contributed by atoms with van der Waals surface area (Å²) in [4.78, 5) is 0. The van der Waals surface area contributed by atoms with Crippen LogP contribution in [0.1, 0.15) is 12.0 Å². The average molecular weight is 389 g/mol. The minimum absolute atomic E-state index is 0.121. The lowest BCUT2D eigenvalue weighted by Crippen LogP contribution is -1.84. The van der Waals surface area contributed by atoms with E-state index in [1.165, 1.54) is 17.4 Å². The van der Waals surface area contributed by atoms with E-state index in [1.807, 2.05) is 6.07 Å². The molecule has 0 atom stereocenters. The van der Waals surface area contributed by atoms with Crippen molar-refractivity contribution in [2.45, 2.75) is 6.43 Å². The molecule has 1 aromatic heterocycles. The van der Waals surface area contributed by atoms with Crippen molar-refractivity contribution in [2.75, 3.05) is 0 Å². The van der Waals surface area contributed by atoms with Crippen LogP contribution in [-0.2, 0) is 0 Å². The van der Waals surface area contributed by atoms with Crippen LogP contribution in [0.15, 0.2) is 22.0 Å². The number of hydrogen-bond acceptors (Lipinski definition) is 1. The number of halogens is 4. The van der Waals surface area contributed by atoms with E-state index in [2.05, 4.69) is 38.5 Å². The van der Waals surface area contributed by atoms with Gasteiger partial charge in [-0.3, -0.25) is 0 Å². The van der Waals surface area contributed by atoms with E-state index in [-0.39, 0.29) is 5.56 Å². The monoisotopic (exact) mass is 388 g/mol. The summed E-state index contributed by atoms with van der Waals surface area (Å²) in [5.74, 6) is 0. The van der Waals surface area contributed by atoms with E-state index in [9.17, 15) is 8.78 Å².